The van der Waals surface area contributed by atoms with Crippen LogP contribution in [0.5, 0.6) is 0 Å². The van der Waals surface area contributed by atoms with Crippen LogP contribution in [0.25, 0.3) is 11.4 Å². The topological polar surface area (TPSA) is 55.6 Å². The van der Waals surface area contributed by atoms with Gasteiger partial charge in [0.25, 0.3) is 0 Å². The van der Waals surface area contributed by atoms with Crippen molar-refractivity contribution >= 4 is 5.82 Å². The summed E-state index contributed by atoms with van der Waals surface area (Å²) in [7, 11) is 1.88. The lowest BCUT2D eigenvalue weighted by Gasteiger charge is -2.08. The molecule has 0 radical (unpaired) electrons. The number of anilines is 1. The number of aromatic nitrogens is 4. The van der Waals surface area contributed by atoms with E-state index in [4.69, 9.17) is 0 Å². The third kappa shape index (κ3) is 3.56. The predicted octanol–water partition coefficient (Wildman–Crippen LogP) is 2.99. The summed E-state index contributed by atoms with van der Waals surface area (Å²) in [5, 5.41) is 7.45. The first-order chi connectivity index (χ1) is 9.62. The number of hydrogen-bond acceptors (Lipinski definition) is 4. The van der Waals surface area contributed by atoms with Gasteiger partial charge in [0, 0.05) is 31.5 Å². The molecule has 0 aromatic carbocycles. The average Bonchev–Trinajstić information content (AvgIpc) is 2.86. The van der Waals surface area contributed by atoms with Crippen LogP contribution in [0.2, 0.25) is 0 Å². The number of nitrogens with one attached hydrogen (secondary N) is 1. The van der Waals surface area contributed by atoms with Crippen molar-refractivity contribution in [2.24, 2.45) is 5.92 Å². The van der Waals surface area contributed by atoms with Gasteiger partial charge in [-0.1, -0.05) is 20.8 Å². The van der Waals surface area contributed by atoms with E-state index < -0.39 is 0 Å². The lowest BCUT2D eigenvalue weighted by atomic mass is 10.1. The quantitative estimate of drug-likeness (QED) is 0.879. The number of nitrogens with zero attached hydrogens (tertiary/aromatic N) is 4. The van der Waals surface area contributed by atoms with E-state index in [1.54, 1.807) is 0 Å². The molecule has 0 amide bonds. The van der Waals surface area contributed by atoms with Crippen molar-refractivity contribution in [2.45, 2.75) is 40.2 Å². The molecule has 5 nitrogen and oxygen atoms in total. The molecule has 0 spiro atoms. The van der Waals surface area contributed by atoms with Gasteiger partial charge in [0.1, 0.15) is 5.82 Å². The predicted molar refractivity (Wildman–Crippen MR) is 81.6 cm³/mol. The van der Waals surface area contributed by atoms with Crippen molar-refractivity contribution in [3.63, 3.8) is 0 Å². The molecule has 20 heavy (non-hydrogen) atoms. The molecule has 108 valence electrons. The van der Waals surface area contributed by atoms with Crippen LogP contribution in [0.3, 0.4) is 0 Å². The monoisotopic (exact) mass is 273 g/mol. The van der Waals surface area contributed by atoms with Crippen LogP contribution in [0, 0.1) is 5.92 Å². The van der Waals surface area contributed by atoms with Gasteiger partial charge in [0.15, 0.2) is 5.82 Å². The van der Waals surface area contributed by atoms with Gasteiger partial charge in [-0.15, -0.1) is 0 Å². The second kappa shape index (κ2) is 6.50. The van der Waals surface area contributed by atoms with Gasteiger partial charge in [-0.25, -0.2) is 9.97 Å². The Kier molecular flexibility index (Phi) is 4.71. The maximum absolute atomic E-state index is 4.66. The Bertz CT molecular complexity index is 559. The number of aryl methyl sites for hydroxylation is 1. The van der Waals surface area contributed by atoms with Crippen molar-refractivity contribution in [3.8, 4) is 11.4 Å². The highest BCUT2D eigenvalue weighted by Crippen LogP contribution is 2.19. The zero-order valence-electron chi connectivity index (χ0n) is 12.7. The fourth-order valence-corrected chi connectivity index (χ4v) is 2.11. The van der Waals surface area contributed by atoms with E-state index in [1.807, 2.05) is 30.2 Å². The second-order valence-corrected chi connectivity index (χ2v) is 5.41. The third-order valence-corrected chi connectivity index (χ3v) is 3.00. The highest BCUT2D eigenvalue weighted by molar-refractivity contribution is 5.55. The molecule has 0 bridgehead atoms. The molecule has 0 aliphatic rings. The maximum atomic E-state index is 4.66. The summed E-state index contributed by atoms with van der Waals surface area (Å²) in [6, 6.07) is 2.01. The summed E-state index contributed by atoms with van der Waals surface area (Å²) in [4.78, 5) is 9.19. The van der Waals surface area contributed by atoms with Crippen LogP contribution in [-0.2, 0) is 13.0 Å². The van der Waals surface area contributed by atoms with Crippen molar-refractivity contribution in [3.05, 3.63) is 24.2 Å². The van der Waals surface area contributed by atoms with Gasteiger partial charge in [-0.05, 0) is 18.8 Å². The molecule has 0 fully saturated rings. The summed E-state index contributed by atoms with van der Waals surface area (Å²) >= 11 is 0. The zero-order valence-corrected chi connectivity index (χ0v) is 12.7. The van der Waals surface area contributed by atoms with E-state index in [0.717, 1.165) is 42.3 Å². The van der Waals surface area contributed by atoms with Gasteiger partial charge in [0.05, 0.1) is 11.8 Å². The molecular formula is C15H23N5. The van der Waals surface area contributed by atoms with E-state index in [0.29, 0.717) is 5.92 Å². The Labute approximate surface area is 120 Å². The first-order valence-electron chi connectivity index (χ1n) is 7.21. The fourth-order valence-electron chi connectivity index (χ4n) is 2.11. The Hall–Kier alpha value is -1.91. The van der Waals surface area contributed by atoms with Crippen LogP contribution in [0.1, 0.15) is 32.9 Å². The minimum absolute atomic E-state index is 0.574. The SMILES string of the molecule is CCCn1cc(-c2nc(CC(C)C)cc(NC)n2)cn1. The molecule has 0 aliphatic carbocycles. The molecule has 0 atom stereocenters. The largest absolute Gasteiger partial charge is 0.373 e. The summed E-state index contributed by atoms with van der Waals surface area (Å²) in [6.45, 7) is 7.45. The molecule has 0 saturated heterocycles. The molecule has 1 N–H and O–H groups in total. The van der Waals surface area contributed by atoms with Gasteiger partial charge in [-0.3, -0.25) is 4.68 Å². The van der Waals surface area contributed by atoms with Crippen LogP contribution >= 0.6 is 0 Å². The van der Waals surface area contributed by atoms with Crippen LogP contribution < -0.4 is 5.32 Å². The molecule has 0 aliphatic heterocycles. The van der Waals surface area contributed by atoms with E-state index >= 15 is 0 Å². The maximum Gasteiger partial charge on any atom is 0.164 e. The molecular weight excluding hydrogens is 250 g/mol. The van der Waals surface area contributed by atoms with Crippen molar-refractivity contribution in [1.29, 1.82) is 0 Å². The lowest BCUT2D eigenvalue weighted by molar-refractivity contribution is 0.603. The molecule has 5 heteroatoms. The molecule has 0 unspecified atom stereocenters. The first kappa shape index (κ1) is 14.5. The van der Waals surface area contributed by atoms with E-state index in [9.17, 15) is 0 Å². The van der Waals surface area contributed by atoms with Crippen molar-refractivity contribution in [2.75, 3.05) is 12.4 Å². The fraction of sp³-hybridized carbons (Fsp3) is 0.533. The van der Waals surface area contributed by atoms with Crippen molar-refractivity contribution < 1.29 is 0 Å². The van der Waals surface area contributed by atoms with Crippen molar-refractivity contribution in [1.82, 2.24) is 19.7 Å². The zero-order chi connectivity index (χ0) is 14.5. The highest BCUT2D eigenvalue weighted by atomic mass is 15.3. The average molecular weight is 273 g/mol. The molecule has 2 aromatic heterocycles. The van der Waals surface area contributed by atoms with Gasteiger partial charge in [0.2, 0.25) is 0 Å². The Morgan fingerprint density at radius 3 is 2.75 bits per heavy atom. The molecule has 2 rings (SSSR count). The summed E-state index contributed by atoms with van der Waals surface area (Å²) in [6.07, 6.45) is 5.87. The second-order valence-electron chi connectivity index (χ2n) is 5.41. The normalized spacial score (nSPS) is 11.1. The molecule has 2 heterocycles. The van der Waals surface area contributed by atoms with Gasteiger partial charge in [-0.2, -0.15) is 5.10 Å². The smallest absolute Gasteiger partial charge is 0.164 e. The van der Waals surface area contributed by atoms with E-state index in [-0.39, 0.29) is 0 Å². The highest BCUT2D eigenvalue weighted by Gasteiger charge is 2.09. The Morgan fingerprint density at radius 2 is 2.10 bits per heavy atom. The standard InChI is InChI=1S/C15H23N5/c1-5-6-20-10-12(9-17-20)15-18-13(7-11(2)3)8-14(16-4)19-15/h8-11H,5-7H2,1-4H3,(H,16,18,19). The van der Waals surface area contributed by atoms with Crippen LogP contribution in [0.4, 0.5) is 5.82 Å². The number of rotatable bonds is 6. The molecule has 0 saturated carbocycles. The lowest BCUT2D eigenvalue weighted by Crippen LogP contribution is -2.03. The van der Waals surface area contributed by atoms with Crippen LogP contribution in [-0.4, -0.2) is 26.8 Å². The van der Waals surface area contributed by atoms with E-state index in [2.05, 4.69) is 41.2 Å². The minimum atomic E-state index is 0.574. The molecule has 2 aromatic rings. The van der Waals surface area contributed by atoms with Gasteiger partial charge < -0.3 is 5.32 Å². The Balaban J connectivity index is 2.33. The summed E-state index contributed by atoms with van der Waals surface area (Å²) in [5.41, 5.74) is 2.04. The third-order valence-electron chi connectivity index (χ3n) is 3.00. The summed E-state index contributed by atoms with van der Waals surface area (Å²) < 4.78 is 1.94. The van der Waals surface area contributed by atoms with E-state index in [1.165, 1.54) is 0 Å². The Morgan fingerprint density at radius 1 is 1.30 bits per heavy atom. The minimum Gasteiger partial charge on any atom is -0.373 e. The first-order valence-corrected chi connectivity index (χ1v) is 7.21. The summed E-state index contributed by atoms with van der Waals surface area (Å²) in [5.74, 6) is 2.18. The number of hydrogen-bond donors (Lipinski definition) is 1. The van der Waals surface area contributed by atoms with Gasteiger partial charge >= 0.3 is 0 Å². The van der Waals surface area contributed by atoms with Crippen LogP contribution in [0.15, 0.2) is 18.5 Å².